The number of rotatable bonds is 31. The Morgan fingerprint density at radius 2 is 1.57 bits per heavy atom. The van der Waals surface area contributed by atoms with Crippen molar-refractivity contribution in [3.63, 3.8) is 0 Å². The van der Waals surface area contributed by atoms with Crippen LogP contribution in [0.3, 0.4) is 0 Å². The molecule has 1 aromatic rings. The van der Waals surface area contributed by atoms with Crippen LogP contribution in [0.15, 0.2) is 20.9 Å². The van der Waals surface area contributed by atoms with Crippen LogP contribution in [-0.2, 0) is 33.9 Å². The molecule has 0 saturated carbocycles. The molecule has 0 aromatic carbocycles. The van der Waals surface area contributed by atoms with Gasteiger partial charge < -0.3 is 14.4 Å². The molecular weight excluding hydrogens is 697 g/mol. The lowest BCUT2D eigenvalue weighted by Crippen LogP contribution is -2.33. The third-order valence-corrected chi connectivity index (χ3v) is 11.6. The van der Waals surface area contributed by atoms with Crippen LogP contribution in [0.25, 0.3) is 10.4 Å². The normalized spacial score (nSPS) is 19.8. The average Bonchev–Trinajstić information content (AvgIpc) is 3.49. The summed E-state index contributed by atoms with van der Waals surface area (Å²) >= 11 is 0. The van der Waals surface area contributed by atoms with Crippen LogP contribution < -0.4 is 11.2 Å². The van der Waals surface area contributed by atoms with Gasteiger partial charge in [0.05, 0.1) is 31.1 Å². The Hall–Kier alpha value is -1.83. The molecule has 16 heteroatoms. The second kappa shape index (κ2) is 26.9. The van der Waals surface area contributed by atoms with Gasteiger partial charge in [-0.25, -0.2) is 9.36 Å². The highest BCUT2D eigenvalue weighted by Gasteiger charge is 2.39. The zero-order valence-electron chi connectivity index (χ0n) is 31.2. The van der Waals surface area contributed by atoms with Gasteiger partial charge in [-0.2, -0.15) is 0 Å². The molecule has 294 valence electrons. The molecule has 3 unspecified atom stereocenters. The minimum atomic E-state index is -4.70. The molecule has 0 aliphatic carbocycles. The molecule has 1 saturated heterocycles. The number of hydrogen-bond acceptors (Lipinski definition) is 9. The molecule has 1 aliphatic rings. The molecule has 1 fully saturated rings. The Bertz CT molecular complexity index is 1340. The fourth-order valence-corrected chi connectivity index (χ4v) is 8.39. The third-order valence-electron chi connectivity index (χ3n) is 9.09. The Balaban J connectivity index is 1.90. The molecule has 2 rings (SSSR count). The Morgan fingerprint density at radius 1 is 1.00 bits per heavy atom. The summed E-state index contributed by atoms with van der Waals surface area (Å²) < 4.78 is 49.9. The van der Waals surface area contributed by atoms with Gasteiger partial charge in [-0.15, -0.1) is 0 Å². The smallest absolute Gasteiger partial charge is 0.379 e. The van der Waals surface area contributed by atoms with Crippen LogP contribution in [0.5, 0.6) is 0 Å². The van der Waals surface area contributed by atoms with Crippen LogP contribution in [-0.4, -0.2) is 68.2 Å². The number of phosphoric acid groups is 1. The summed E-state index contributed by atoms with van der Waals surface area (Å²) in [6, 6.07) is -0.821. The van der Waals surface area contributed by atoms with E-state index in [1.165, 1.54) is 94.7 Å². The summed E-state index contributed by atoms with van der Waals surface area (Å²) in [5.74, 6) is 0.500. The number of aryl methyl sites for hydroxylation is 1. The molecule has 2 N–H and O–H groups in total. The van der Waals surface area contributed by atoms with Crippen molar-refractivity contribution >= 4 is 18.6 Å². The van der Waals surface area contributed by atoms with Crippen molar-refractivity contribution in [1.82, 2.24) is 9.55 Å². The van der Waals surface area contributed by atoms with E-state index in [9.17, 15) is 23.3 Å². The number of unbranched alkanes of at least 4 members (excludes halogenated alkanes) is 16. The zero-order chi connectivity index (χ0) is 37.3. The maximum atomic E-state index is 13.1. The largest absolute Gasteiger partial charge is 0.472 e. The summed E-state index contributed by atoms with van der Waals surface area (Å²) in [7, 11) is -5.99. The van der Waals surface area contributed by atoms with Crippen LogP contribution in [0.1, 0.15) is 148 Å². The number of nitrogens with one attached hydrogen (secondary N) is 1. The fraction of sp³-hybridized carbons (Fsp3) is 0.886. The minimum absolute atomic E-state index is 0.00792. The van der Waals surface area contributed by atoms with Gasteiger partial charge in [0, 0.05) is 46.3 Å². The SMILES string of the molecule is CCCCCCCCCCCCS(=O)CC(COCCCCCCCCCC)OP(=O)(O)OC[C@H]1O[C@@H](n2cc(C)c(=O)[nH]c2=O)C[C@@H]1N=[N+]=[N-]. The molecule has 1 aliphatic heterocycles. The first-order valence-electron chi connectivity index (χ1n) is 19.2. The summed E-state index contributed by atoms with van der Waals surface area (Å²) in [5.41, 5.74) is 8.14. The molecule has 0 spiro atoms. The van der Waals surface area contributed by atoms with Crippen LogP contribution >= 0.6 is 7.82 Å². The topological polar surface area (TPSA) is 195 Å². The number of ether oxygens (including phenoxy) is 2. The van der Waals surface area contributed by atoms with Gasteiger partial charge in [0.2, 0.25) is 0 Å². The van der Waals surface area contributed by atoms with Crippen molar-refractivity contribution in [3.8, 4) is 0 Å². The highest BCUT2D eigenvalue weighted by Crippen LogP contribution is 2.46. The quantitative estimate of drug-likeness (QED) is 0.0247. The second-order valence-electron chi connectivity index (χ2n) is 13.6. The average molecular weight is 762 g/mol. The number of azide groups is 1. The fourth-order valence-electron chi connectivity index (χ4n) is 6.11. The van der Waals surface area contributed by atoms with Crippen LogP contribution in [0, 0.1) is 6.92 Å². The van der Waals surface area contributed by atoms with E-state index in [1.54, 1.807) is 0 Å². The maximum Gasteiger partial charge on any atom is 0.472 e. The van der Waals surface area contributed by atoms with E-state index in [1.807, 2.05) is 0 Å². The van der Waals surface area contributed by atoms with Crippen molar-refractivity contribution in [3.05, 3.63) is 43.0 Å². The minimum Gasteiger partial charge on any atom is -0.379 e. The van der Waals surface area contributed by atoms with E-state index < -0.39 is 61.0 Å². The number of hydrogen-bond donors (Lipinski definition) is 2. The summed E-state index contributed by atoms with van der Waals surface area (Å²) in [6.07, 6.45) is 19.5. The molecule has 1 aromatic heterocycles. The van der Waals surface area contributed by atoms with Gasteiger partial charge in [0.1, 0.15) is 12.3 Å². The van der Waals surface area contributed by atoms with Gasteiger partial charge in [-0.3, -0.25) is 27.6 Å². The molecule has 14 nitrogen and oxygen atoms in total. The highest BCUT2D eigenvalue weighted by molar-refractivity contribution is 7.85. The van der Waals surface area contributed by atoms with E-state index in [2.05, 4.69) is 28.9 Å². The van der Waals surface area contributed by atoms with Crippen molar-refractivity contribution in [2.75, 3.05) is 31.3 Å². The summed E-state index contributed by atoms with van der Waals surface area (Å²) in [5, 5.41) is 3.72. The number of aromatic amines is 1. The standard InChI is InChI=1S/C35H64N5O9PS/c1-4-6-8-10-12-14-15-17-19-21-23-51(45)28-30(26-46-22-20-18-16-13-11-9-7-5-2)49-50(43,44)47-27-32-31(38-39-36)24-33(48-32)40-25-29(3)34(41)37-35(40)42/h25,30-33H,4-24,26-28H2,1-3H3,(H,43,44)(H,37,41,42)/t30?,31-,32+,33+,51?/m0/s1. The van der Waals surface area contributed by atoms with E-state index in [0.717, 1.165) is 38.5 Å². The number of nitrogens with zero attached hydrogens (tertiary/aromatic N) is 4. The number of H-pyrrole nitrogens is 1. The van der Waals surface area contributed by atoms with Crippen molar-refractivity contribution in [2.24, 2.45) is 5.11 Å². The van der Waals surface area contributed by atoms with Gasteiger partial charge in [-0.1, -0.05) is 122 Å². The summed E-state index contributed by atoms with van der Waals surface area (Å²) in [6.45, 7) is 5.94. The molecule has 0 radical (unpaired) electrons. The maximum absolute atomic E-state index is 13.1. The van der Waals surface area contributed by atoms with Crippen molar-refractivity contribution in [1.29, 1.82) is 0 Å². The van der Waals surface area contributed by atoms with E-state index in [-0.39, 0.29) is 24.3 Å². The summed E-state index contributed by atoms with van der Waals surface area (Å²) in [4.78, 5) is 40.0. The van der Waals surface area contributed by atoms with E-state index in [0.29, 0.717) is 12.4 Å². The van der Waals surface area contributed by atoms with Crippen LogP contribution in [0.2, 0.25) is 0 Å². The molecule has 0 bridgehead atoms. The predicted octanol–water partition coefficient (Wildman–Crippen LogP) is 8.14. The lowest BCUT2D eigenvalue weighted by molar-refractivity contribution is -0.0324. The third kappa shape index (κ3) is 19.7. The lowest BCUT2D eigenvalue weighted by atomic mass is 10.1. The molecule has 6 atom stereocenters. The van der Waals surface area contributed by atoms with Gasteiger partial charge in [0.15, 0.2) is 0 Å². The Kier molecular flexibility index (Phi) is 23.9. The van der Waals surface area contributed by atoms with Crippen LogP contribution in [0.4, 0.5) is 0 Å². The molecule has 51 heavy (non-hydrogen) atoms. The zero-order valence-corrected chi connectivity index (χ0v) is 32.9. The lowest BCUT2D eigenvalue weighted by Gasteiger charge is -2.22. The van der Waals surface area contributed by atoms with Gasteiger partial charge in [-0.05, 0) is 25.3 Å². The first-order valence-corrected chi connectivity index (χ1v) is 22.2. The monoisotopic (exact) mass is 761 g/mol. The van der Waals surface area contributed by atoms with Gasteiger partial charge >= 0.3 is 13.5 Å². The Labute approximate surface area is 306 Å². The number of aromatic nitrogens is 2. The molecular formula is C35H64N5O9PS. The number of phosphoric ester groups is 1. The molecule has 0 amide bonds. The Morgan fingerprint density at radius 3 is 2.16 bits per heavy atom. The predicted molar refractivity (Wildman–Crippen MR) is 201 cm³/mol. The van der Waals surface area contributed by atoms with Gasteiger partial charge in [0.25, 0.3) is 5.56 Å². The van der Waals surface area contributed by atoms with E-state index >= 15 is 0 Å². The highest BCUT2D eigenvalue weighted by atomic mass is 32.2. The van der Waals surface area contributed by atoms with Crippen molar-refractivity contribution < 1.29 is 32.2 Å². The first-order chi connectivity index (χ1) is 24.6. The van der Waals surface area contributed by atoms with Crippen molar-refractivity contribution in [2.45, 2.75) is 167 Å². The first kappa shape index (κ1) is 45.3. The molecule has 2 heterocycles. The second-order valence-corrected chi connectivity index (χ2v) is 16.7. The van der Waals surface area contributed by atoms with E-state index in [4.69, 9.17) is 24.1 Å².